The highest BCUT2D eigenvalue weighted by molar-refractivity contribution is 5.52. The molecule has 0 amide bonds. The minimum absolute atomic E-state index is 0.0574. The summed E-state index contributed by atoms with van der Waals surface area (Å²) in [5.74, 6) is 0.123. The number of anilines is 1. The summed E-state index contributed by atoms with van der Waals surface area (Å²) in [5, 5.41) is 12.2. The molecule has 0 bridgehead atoms. The lowest BCUT2D eigenvalue weighted by atomic mass is 10.1. The van der Waals surface area contributed by atoms with Gasteiger partial charge in [-0.15, -0.1) is 0 Å². The van der Waals surface area contributed by atoms with E-state index in [1.54, 1.807) is 25.1 Å². The number of rotatable bonds is 5. The molecule has 144 valence electrons. The molecule has 7 nitrogen and oxygen atoms in total. The summed E-state index contributed by atoms with van der Waals surface area (Å²) in [4.78, 5) is 24.1. The molecule has 27 heavy (non-hydrogen) atoms. The highest BCUT2D eigenvalue weighted by Gasteiger charge is 2.28. The Labute approximate surface area is 152 Å². The van der Waals surface area contributed by atoms with E-state index in [1.165, 1.54) is 26.2 Å². The van der Waals surface area contributed by atoms with Crippen molar-refractivity contribution in [3.05, 3.63) is 56.2 Å². The highest BCUT2D eigenvalue weighted by Crippen LogP contribution is 2.23. The number of halogens is 3. The number of nitrogens with zero attached hydrogens (tertiary/aromatic N) is 3. The molecule has 0 spiro atoms. The van der Waals surface area contributed by atoms with Crippen molar-refractivity contribution >= 4 is 5.82 Å². The van der Waals surface area contributed by atoms with E-state index in [9.17, 15) is 28.0 Å². The van der Waals surface area contributed by atoms with Crippen LogP contribution in [0.15, 0.2) is 33.9 Å². The quantitative estimate of drug-likeness (QED) is 0.855. The Morgan fingerprint density at radius 1 is 1.19 bits per heavy atom. The third-order valence-electron chi connectivity index (χ3n) is 3.91. The summed E-state index contributed by atoms with van der Waals surface area (Å²) >= 11 is 0. The normalized spacial score (nSPS) is 12.3. The summed E-state index contributed by atoms with van der Waals surface area (Å²) < 4.78 is 43.2. The van der Waals surface area contributed by atoms with Crippen molar-refractivity contribution in [3.63, 3.8) is 0 Å². The molecule has 0 radical (unpaired) electrons. The molecule has 0 aliphatic heterocycles. The van der Waals surface area contributed by atoms with Gasteiger partial charge in [0.25, 0.3) is 5.56 Å². The van der Waals surface area contributed by atoms with Gasteiger partial charge in [-0.3, -0.25) is 13.9 Å². The van der Waals surface area contributed by atoms with Crippen molar-refractivity contribution in [2.24, 2.45) is 14.1 Å². The minimum atomic E-state index is -4.43. The van der Waals surface area contributed by atoms with Gasteiger partial charge in [0.1, 0.15) is 17.6 Å². The fourth-order valence-corrected chi connectivity index (χ4v) is 2.42. The Morgan fingerprint density at radius 3 is 2.30 bits per heavy atom. The number of hydrogen-bond donors (Lipinski definition) is 1. The smallest absolute Gasteiger partial charge is 0.422 e. The lowest BCUT2D eigenvalue weighted by Crippen LogP contribution is -2.40. The molecule has 1 heterocycles. The largest absolute Gasteiger partial charge is 0.484 e. The number of nitriles is 1. The van der Waals surface area contributed by atoms with Crippen LogP contribution in [0.5, 0.6) is 5.75 Å². The van der Waals surface area contributed by atoms with E-state index < -0.39 is 30.1 Å². The summed E-state index contributed by atoms with van der Waals surface area (Å²) in [5.41, 5.74) is -0.862. The molecule has 10 heteroatoms. The molecule has 0 saturated carbocycles. The van der Waals surface area contributed by atoms with Crippen LogP contribution in [0.2, 0.25) is 0 Å². The van der Waals surface area contributed by atoms with Crippen LogP contribution in [-0.4, -0.2) is 21.9 Å². The molecular formula is C17H17F3N4O3. The van der Waals surface area contributed by atoms with Gasteiger partial charge in [-0.05, 0) is 24.6 Å². The van der Waals surface area contributed by atoms with Crippen LogP contribution in [0, 0.1) is 11.3 Å². The van der Waals surface area contributed by atoms with Crippen LogP contribution in [0.4, 0.5) is 19.0 Å². The minimum Gasteiger partial charge on any atom is -0.484 e. The maximum Gasteiger partial charge on any atom is 0.422 e. The first-order valence-electron chi connectivity index (χ1n) is 7.81. The first-order chi connectivity index (χ1) is 12.5. The van der Waals surface area contributed by atoms with E-state index in [4.69, 9.17) is 0 Å². The fraction of sp³-hybridized carbons (Fsp3) is 0.353. The number of hydrogen-bond acceptors (Lipinski definition) is 5. The summed E-state index contributed by atoms with van der Waals surface area (Å²) in [7, 11) is 2.70. The van der Waals surface area contributed by atoms with Crippen molar-refractivity contribution in [1.82, 2.24) is 9.13 Å². The predicted molar refractivity (Wildman–Crippen MR) is 91.7 cm³/mol. The molecule has 1 aromatic carbocycles. The molecule has 1 atom stereocenters. The van der Waals surface area contributed by atoms with Gasteiger partial charge in [0.15, 0.2) is 12.2 Å². The Morgan fingerprint density at radius 2 is 1.78 bits per heavy atom. The van der Waals surface area contributed by atoms with E-state index in [0.29, 0.717) is 5.56 Å². The topological polar surface area (TPSA) is 89.0 Å². The number of ether oxygens (including phenoxy) is 1. The van der Waals surface area contributed by atoms with Gasteiger partial charge in [0.05, 0.1) is 0 Å². The molecule has 0 aliphatic carbocycles. The van der Waals surface area contributed by atoms with Crippen molar-refractivity contribution in [2.75, 3.05) is 11.9 Å². The third kappa shape index (κ3) is 4.49. The molecule has 0 aliphatic rings. The Hall–Kier alpha value is -3.22. The summed E-state index contributed by atoms with van der Waals surface area (Å²) in [6.45, 7) is 0.329. The van der Waals surface area contributed by atoms with Gasteiger partial charge >= 0.3 is 11.9 Å². The molecule has 2 rings (SSSR count). The fourth-order valence-electron chi connectivity index (χ4n) is 2.42. The van der Waals surface area contributed by atoms with Crippen molar-refractivity contribution in [3.8, 4) is 11.8 Å². The van der Waals surface area contributed by atoms with Crippen molar-refractivity contribution in [1.29, 1.82) is 5.26 Å². The third-order valence-corrected chi connectivity index (χ3v) is 3.91. The van der Waals surface area contributed by atoms with Crippen LogP contribution in [0.25, 0.3) is 0 Å². The van der Waals surface area contributed by atoms with Crippen LogP contribution in [-0.2, 0) is 14.1 Å². The Balaban J connectivity index is 2.26. The molecule has 0 saturated heterocycles. The SMILES string of the molecule is CC(Nc1c(C#N)c(=O)n(C)c(=O)n1C)c1ccc(OCC(F)(F)F)cc1. The molecular weight excluding hydrogens is 365 g/mol. The van der Waals surface area contributed by atoms with Gasteiger partial charge in [0.2, 0.25) is 0 Å². The lowest BCUT2D eigenvalue weighted by molar-refractivity contribution is -0.153. The van der Waals surface area contributed by atoms with Crippen LogP contribution >= 0.6 is 0 Å². The van der Waals surface area contributed by atoms with E-state index in [2.05, 4.69) is 10.1 Å². The number of benzene rings is 1. The van der Waals surface area contributed by atoms with Crippen LogP contribution in [0.3, 0.4) is 0 Å². The standard InChI is InChI=1S/C17H17F3N4O3/c1-10(11-4-6-12(7-5-11)27-9-17(18,19)20)22-14-13(8-21)15(25)24(3)16(26)23(14)2/h4-7,10,22H,9H2,1-3H3. The zero-order valence-electron chi connectivity index (χ0n) is 14.8. The van der Waals surface area contributed by atoms with E-state index in [0.717, 1.165) is 9.13 Å². The second kappa shape index (κ2) is 7.57. The lowest BCUT2D eigenvalue weighted by Gasteiger charge is -2.19. The average Bonchev–Trinajstić information content (AvgIpc) is 2.62. The Kier molecular flexibility index (Phi) is 5.64. The van der Waals surface area contributed by atoms with Crippen molar-refractivity contribution < 1.29 is 17.9 Å². The predicted octanol–water partition coefficient (Wildman–Crippen LogP) is 2.07. The van der Waals surface area contributed by atoms with Gasteiger partial charge in [-0.25, -0.2) is 4.79 Å². The molecule has 1 N–H and O–H groups in total. The molecule has 0 fully saturated rings. The molecule has 2 aromatic rings. The highest BCUT2D eigenvalue weighted by atomic mass is 19.4. The van der Waals surface area contributed by atoms with E-state index >= 15 is 0 Å². The molecule has 1 unspecified atom stereocenters. The van der Waals surface area contributed by atoms with Crippen LogP contribution in [0.1, 0.15) is 24.1 Å². The van der Waals surface area contributed by atoms with Gasteiger partial charge in [0, 0.05) is 20.1 Å². The van der Waals surface area contributed by atoms with Gasteiger partial charge in [-0.1, -0.05) is 12.1 Å². The monoisotopic (exact) mass is 382 g/mol. The van der Waals surface area contributed by atoms with E-state index in [1.807, 2.05) is 0 Å². The zero-order chi connectivity index (χ0) is 20.4. The number of aromatic nitrogens is 2. The average molecular weight is 382 g/mol. The second-order valence-electron chi connectivity index (χ2n) is 5.88. The van der Waals surface area contributed by atoms with Gasteiger partial charge < -0.3 is 10.1 Å². The van der Waals surface area contributed by atoms with Crippen LogP contribution < -0.4 is 21.3 Å². The van der Waals surface area contributed by atoms with E-state index in [-0.39, 0.29) is 17.1 Å². The first-order valence-corrected chi connectivity index (χ1v) is 7.81. The Bertz CT molecular complexity index is 985. The molecule has 1 aromatic heterocycles. The number of alkyl halides is 3. The van der Waals surface area contributed by atoms with Crippen molar-refractivity contribution in [2.45, 2.75) is 19.1 Å². The van der Waals surface area contributed by atoms with Gasteiger partial charge in [-0.2, -0.15) is 18.4 Å². The summed E-state index contributed by atoms with van der Waals surface area (Å²) in [6.07, 6.45) is -4.43. The zero-order valence-corrected chi connectivity index (χ0v) is 14.8. The maximum absolute atomic E-state index is 12.2. The summed E-state index contributed by atoms with van der Waals surface area (Å²) in [6, 6.07) is 7.21. The number of nitrogens with one attached hydrogen (secondary N) is 1. The second-order valence-corrected chi connectivity index (χ2v) is 5.88. The first kappa shape index (κ1) is 20.1. The maximum atomic E-state index is 12.2.